The summed E-state index contributed by atoms with van der Waals surface area (Å²) in [5.41, 5.74) is 1.21. The highest BCUT2D eigenvalue weighted by Gasteiger charge is 2.35. The summed E-state index contributed by atoms with van der Waals surface area (Å²) in [6, 6.07) is 5.56. The third-order valence-corrected chi connectivity index (χ3v) is 2.64. The average molecular weight is 304 g/mol. The Bertz CT molecular complexity index is 532. The molecule has 0 radical (unpaired) electrons. The molecule has 116 valence electrons. The fourth-order valence-corrected chi connectivity index (χ4v) is 1.73. The van der Waals surface area contributed by atoms with E-state index in [1.165, 1.54) is 7.05 Å². The normalized spacial score (nSPS) is 11.1. The van der Waals surface area contributed by atoms with Crippen LogP contribution in [0.5, 0.6) is 0 Å². The smallest absolute Gasteiger partial charge is 0.406 e. The molecule has 0 unspecified atom stereocenters. The number of amides is 2. The minimum Gasteiger partial charge on any atom is -0.480 e. The van der Waals surface area contributed by atoms with Crippen LogP contribution >= 0.6 is 0 Å². The van der Waals surface area contributed by atoms with Gasteiger partial charge in [0.1, 0.15) is 13.1 Å². The number of hydrogen-bond donors (Lipinski definition) is 1. The molecule has 0 aliphatic heterocycles. The predicted octanol–water partition coefficient (Wildman–Crippen LogP) is 2.50. The monoisotopic (exact) mass is 304 g/mol. The van der Waals surface area contributed by atoms with E-state index < -0.39 is 31.3 Å². The lowest BCUT2D eigenvalue weighted by Gasteiger charge is -2.27. The van der Waals surface area contributed by atoms with Crippen molar-refractivity contribution in [3.05, 3.63) is 29.8 Å². The van der Waals surface area contributed by atoms with Gasteiger partial charge in [0.05, 0.1) is 0 Å². The Kier molecular flexibility index (Phi) is 5.17. The highest BCUT2D eigenvalue weighted by atomic mass is 19.4. The fraction of sp³-hybridized carbons (Fsp3) is 0.385. The van der Waals surface area contributed by atoms with Gasteiger partial charge in [-0.05, 0) is 24.6 Å². The van der Waals surface area contributed by atoms with Gasteiger partial charge in [0.15, 0.2) is 0 Å². The second-order valence-corrected chi connectivity index (χ2v) is 4.55. The molecule has 21 heavy (non-hydrogen) atoms. The molecular formula is C13H15F3N2O3. The van der Waals surface area contributed by atoms with Crippen LogP contribution in [0.3, 0.4) is 0 Å². The number of halogens is 3. The number of carboxylic acids is 1. The highest BCUT2D eigenvalue weighted by Crippen LogP contribution is 2.20. The summed E-state index contributed by atoms with van der Waals surface area (Å²) in [5, 5.41) is 8.65. The van der Waals surface area contributed by atoms with Crippen LogP contribution in [0, 0.1) is 6.92 Å². The van der Waals surface area contributed by atoms with Crippen molar-refractivity contribution in [3.63, 3.8) is 0 Å². The molecule has 0 bridgehead atoms. The second-order valence-electron chi connectivity index (χ2n) is 4.55. The lowest BCUT2D eigenvalue weighted by molar-refractivity contribution is -0.148. The van der Waals surface area contributed by atoms with Gasteiger partial charge in [-0.15, -0.1) is 0 Å². The fourth-order valence-electron chi connectivity index (χ4n) is 1.73. The molecule has 0 aliphatic rings. The highest BCUT2D eigenvalue weighted by molar-refractivity contribution is 5.93. The van der Waals surface area contributed by atoms with Crippen LogP contribution < -0.4 is 4.90 Å². The number of carbonyl (C=O) groups excluding carboxylic acids is 1. The van der Waals surface area contributed by atoms with Gasteiger partial charge in [0, 0.05) is 12.7 Å². The van der Waals surface area contributed by atoms with Gasteiger partial charge in [-0.25, -0.2) is 4.79 Å². The van der Waals surface area contributed by atoms with E-state index in [1.54, 1.807) is 31.2 Å². The Balaban J connectivity index is 2.96. The largest absolute Gasteiger partial charge is 0.480 e. The summed E-state index contributed by atoms with van der Waals surface area (Å²) < 4.78 is 37.3. The molecule has 0 aromatic heterocycles. The molecule has 0 atom stereocenters. The van der Waals surface area contributed by atoms with E-state index in [-0.39, 0.29) is 4.90 Å². The summed E-state index contributed by atoms with van der Waals surface area (Å²) >= 11 is 0. The van der Waals surface area contributed by atoms with Crippen LogP contribution in [-0.2, 0) is 4.79 Å². The van der Waals surface area contributed by atoms with Gasteiger partial charge in [-0.1, -0.05) is 12.1 Å². The first-order valence-corrected chi connectivity index (χ1v) is 5.98. The maximum Gasteiger partial charge on any atom is 0.406 e. The van der Waals surface area contributed by atoms with Gasteiger partial charge in [-0.2, -0.15) is 13.2 Å². The first-order chi connectivity index (χ1) is 9.60. The van der Waals surface area contributed by atoms with Crippen LogP contribution in [0.4, 0.5) is 23.7 Å². The van der Waals surface area contributed by atoms with Crippen LogP contribution in [0.2, 0.25) is 0 Å². The SMILES string of the molecule is Cc1cccc(N(C)C(=O)N(CC(=O)O)CC(F)(F)F)c1. The summed E-state index contributed by atoms with van der Waals surface area (Å²) in [6.07, 6.45) is -4.67. The zero-order valence-electron chi connectivity index (χ0n) is 11.5. The molecule has 0 saturated carbocycles. The molecule has 0 fully saturated rings. The van der Waals surface area contributed by atoms with Crippen molar-refractivity contribution in [1.82, 2.24) is 4.90 Å². The number of alkyl halides is 3. The molecule has 0 heterocycles. The number of urea groups is 1. The maximum atomic E-state index is 12.4. The molecule has 0 spiro atoms. The van der Waals surface area contributed by atoms with Gasteiger partial charge < -0.3 is 10.0 Å². The summed E-state index contributed by atoms with van der Waals surface area (Å²) in [6.45, 7) is -0.866. The molecule has 0 saturated heterocycles. The summed E-state index contributed by atoms with van der Waals surface area (Å²) in [4.78, 5) is 23.9. The first-order valence-electron chi connectivity index (χ1n) is 5.98. The lowest BCUT2D eigenvalue weighted by atomic mass is 10.2. The quantitative estimate of drug-likeness (QED) is 0.929. The van der Waals surface area contributed by atoms with Crippen LogP contribution in [0.15, 0.2) is 24.3 Å². The molecular weight excluding hydrogens is 289 g/mol. The van der Waals surface area contributed by atoms with Crippen molar-refractivity contribution in [2.45, 2.75) is 13.1 Å². The first kappa shape index (κ1) is 16.8. The molecule has 2 amide bonds. The van der Waals surface area contributed by atoms with Gasteiger partial charge >= 0.3 is 18.2 Å². The van der Waals surface area contributed by atoms with Crippen molar-refractivity contribution in [2.75, 3.05) is 25.0 Å². The van der Waals surface area contributed by atoms with Crippen molar-refractivity contribution in [1.29, 1.82) is 0 Å². The molecule has 1 N–H and O–H groups in total. The number of carboxylic acid groups (broad SMARTS) is 1. The summed E-state index contributed by atoms with van der Waals surface area (Å²) in [5.74, 6) is -1.51. The van der Waals surface area contributed by atoms with E-state index in [2.05, 4.69) is 0 Å². The Hall–Kier alpha value is -2.25. The molecule has 8 heteroatoms. The predicted molar refractivity (Wildman–Crippen MR) is 70.2 cm³/mol. The van der Waals surface area contributed by atoms with E-state index in [4.69, 9.17) is 5.11 Å². The third kappa shape index (κ3) is 5.33. The number of aryl methyl sites for hydroxylation is 1. The zero-order chi connectivity index (χ0) is 16.2. The average Bonchev–Trinajstić information content (AvgIpc) is 2.34. The Morgan fingerprint density at radius 3 is 2.38 bits per heavy atom. The Morgan fingerprint density at radius 1 is 1.29 bits per heavy atom. The summed E-state index contributed by atoms with van der Waals surface area (Å²) in [7, 11) is 1.29. The van der Waals surface area contributed by atoms with Crippen molar-refractivity contribution >= 4 is 17.7 Å². The number of nitrogens with zero attached hydrogens (tertiary/aromatic N) is 2. The standard InChI is InChI=1S/C13H15F3N2O3/c1-9-4-3-5-10(6-9)17(2)12(21)18(7-11(19)20)8-13(14,15)16/h3-6H,7-8H2,1-2H3,(H,19,20). The van der Waals surface area contributed by atoms with Gasteiger partial charge in [0.2, 0.25) is 0 Å². The molecule has 5 nitrogen and oxygen atoms in total. The number of rotatable bonds is 4. The number of aliphatic carboxylic acids is 1. The second kappa shape index (κ2) is 6.47. The van der Waals surface area contributed by atoms with E-state index in [1.807, 2.05) is 0 Å². The van der Waals surface area contributed by atoms with Gasteiger partial charge in [-0.3, -0.25) is 9.69 Å². The number of hydrogen-bond acceptors (Lipinski definition) is 2. The van der Waals surface area contributed by atoms with E-state index in [9.17, 15) is 22.8 Å². The maximum absolute atomic E-state index is 12.4. The van der Waals surface area contributed by atoms with Crippen LogP contribution in [0.1, 0.15) is 5.56 Å². The van der Waals surface area contributed by atoms with E-state index in [0.29, 0.717) is 5.69 Å². The molecule has 1 aromatic rings. The minimum absolute atomic E-state index is 0.241. The van der Waals surface area contributed by atoms with Crippen LogP contribution in [-0.4, -0.2) is 48.3 Å². The number of carbonyl (C=O) groups is 2. The van der Waals surface area contributed by atoms with E-state index in [0.717, 1.165) is 10.5 Å². The third-order valence-electron chi connectivity index (χ3n) is 2.64. The minimum atomic E-state index is -4.67. The van der Waals surface area contributed by atoms with E-state index >= 15 is 0 Å². The number of anilines is 1. The lowest BCUT2D eigenvalue weighted by Crippen LogP contribution is -2.47. The van der Waals surface area contributed by atoms with Crippen LogP contribution in [0.25, 0.3) is 0 Å². The molecule has 1 rings (SSSR count). The Morgan fingerprint density at radius 2 is 1.90 bits per heavy atom. The topological polar surface area (TPSA) is 60.9 Å². The van der Waals surface area contributed by atoms with Crippen molar-refractivity contribution < 1.29 is 27.9 Å². The zero-order valence-corrected chi connectivity index (χ0v) is 11.5. The van der Waals surface area contributed by atoms with Crippen molar-refractivity contribution in [2.24, 2.45) is 0 Å². The number of benzene rings is 1. The molecule has 1 aromatic carbocycles. The molecule has 0 aliphatic carbocycles. The van der Waals surface area contributed by atoms with Crippen molar-refractivity contribution in [3.8, 4) is 0 Å². The van der Waals surface area contributed by atoms with Gasteiger partial charge in [0.25, 0.3) is 0 Å². The Labute approximate surface area is 119 Å².